The molecule has 2 aromatic carbocycles. The second-order valence-corrected chi connectivity index (χ2v) is 8.74. The van der Waals surface area contributed by atoms with Crippen LogP contribution in [0.4, 0.5) is 0 Å². The number of carbonyl (C=O) groups excluding carboxylic acids is 1. The summed E-state index contributed by atoms with van der Waals surface area (Å²) in [6.07, 6.45) is 1.73. The van der Waals surface area contributed by atoms with E-state index in [1.807, 2.05) is 25.1 Å². The minimum absolute atomic E-state index is 0.0333. The fourth-order valence-electron chi connectivity index (χ4n) is 2.66. The van der Waals surface area contributed by atoms with Crippen LogP contribution in [0.1, 0.15) is 32.8 Å². The molecule has 152 valence electrons. The van der Waals surface area contributed by atoms with Crippen LogP contribution in [0.25, 0.3) is 0 Å². The Bertz CT molecular complexity index is 850. The molecule has 0 spiro atoms. The minimum atomic E-state index is -3.54. The van der Waals surface area contributed by atoms with Gasteiger partial charge in [0.15, 0.2) is 6.61 Å². The van der Waals surface area contributed by atoms with Gasteiger partial charge in [0.2, 0.25) is 10.0 Å². The average Bonchev–Trinajstić information content (AvgIpc) is 2.65. The second kappa shape index (κ2) is 10.2. The maximum atomic E-state index is 12.1. The van der Waals surface area contributed by atoms with Gasteiger partial charge in [-0.3, -0.25) is 4.79 Å². The van der Waals surface area contributed by atoms with Crippen molar-refractivity contribution in [2.24, 2.45) is 0 Å². The number of carbonyl (C=O) groups is 1. The zero-order valence-electron chi connectivity index (χ0n) is 16.5. The summed E-state index contributed by atoms with van der Waals surface area (Å²) in [5.74, 6) is 0.231. The highest BCUT2D eigenvalue weighted by atomic mass is 32.2. The van der Waals surface area contributed by atoms with Gasteiger partial charge in [0.1, 0.15) is 5.75 Å². The molecular formula is C21H28N2O4S. The van der Waals surface area contributed by atoms with E-state index in [0.29, 0.717) is 5.75 Å². The van der Waals surface area contributed by atoms with Crippen molar-refractivity contribution in [3.8, 4) is 5.75 Å². The number of nitrogens with one attached hydrogen (secondary N) is 2. The topological polar surface area (TPSA) is 84.5 Å². The van der Waals surface area contributed by atoms with E-state index in [4.69, 9.17) is 4.74 Å². The Hall–Kier alpha value is -2.38. The number of rotatable bonds is 10. The van der Waals surface area contributed by atoms with Crippen molar-refractivity contribution in [3.63, 3.8) is 0 Å². The highest BCUT2D eigenvalue weighted by molar-refractivity contribution is 7.89. The molecule has 0 radical (unpaired) electrons. The van der Waals surface area contributed by atoms with Crippen molar-refractivity contribution >= 4 is 15.9 Å². The van der Waals surface area contributed by atoms with E-state index < -0.39 is 10.0 Å². The van der Waals surface area contributed by atoms with E-state index in [-0.39, 0.29) is 29.5 Å². The lowest BCUT2D eigenvalue weighted by atomic mass is 10.1. The predicted octanol–water partition coefficient (Wildman–Crippen LogP) is 2.89. The maximum absolute atomic E-state index is 12.1. The van der Waals surface area contributed by atoms with Crippen molar-refractivity contribution in [2.75, 3.05) is 6.61 Å². The van der Waals surface area contributed by atoms with Crippen molar-refractivity contribution < 1.29 is 17.9 Å². The summed E-state index contributed by atoms with van der Waals surface area (Å²) in [5.41, 5.74) is 1.24. The van der Waals surface area contributed by atoms with Gasteiger partial charge >= 0.3 is 0 Å². The highest BCUT2D eigenvalue weighted by Crippen LogP contribution is 2.16. The zero-order chi connectivity index (χ0) is 20.6. The molecule has 0 aromatic heterocycles. The minimum Gasteiger partial charge on any atom is -0.484 e. The molecule has 6 nitrogen and oxygen atoms in total. The molecule has 0 fully saturated rings. The van der Waals surface area contributed by atoms with Gasteiger partial charge in [-0.2, -0.15) is 0 Å². The van der Waals surface area contributed by atoms with Crippen LogP contribution in [-0.2, 0) is 21.2 Å². The molecular weight excluding hydrogens is 376 g/mol. The monoisotopic (exact) mass is 404 g/mol. The Morgan fingerprint density at radius 1 is 1.00 bits per heavy atom. The molecule has 28 heavy (non-hydrogen) atoms. The smallest absolute Gasteiger partial charge is 0.258 e. The lowest BCUT2D eigenvalue weighted by molar-refractivity contribution is -0.123. The predicted molar refractivity (Wildman–Crippen MR) is 110 cm³/mol. The molecule has 1 atom stereocenters. The second-order valence-electron chi connectivity index (χ2n) is 7.03. The quantitative estimate of drug-likeness (QED) is 0.638. The first-order valence-corrected chi connectivity index (χ1v) is 10.8. The number of hydrogen-bond donors (Lipinski definition) is 2. The Labute approximate surface area is 167 Å². The van der Waals surface area contributed by atoms with Crippen LogP contribution in [0.5, 0.6) is 5.75 Å². The standard InChI is InChI=1S/C21H28N2O4S/c1-16(2)23-28(25,26)20-13-11-19(12-14-20)27-15-21(24)22-17(3)9-10-18-7-5-4-6-8-18/h4-8,11-14,16-17,23H,9-10,15H2,1-3H3,(H,22,24)/t17-/m1/s1. The molecule has 0 bridgehead atoms. The molecule has 0 heterocycles. The summed E-state index contributed by atoms with van der Waals surface area (Å²) in [4.78, 5) is 12.2. The number of hydrogen-bond acceptors (Lipinski definition) is 4. The third kappa shape index (κ3) is 7.32. The van der Waals surface area contributed by atoms with E-state index in [1.54, 1.807) is 26.0 Å². The molecule has 7 heteroatoms. The number of aryl methyl sites for hydroxylation is 1. The van der Waals surface area contributed by atoms with Gasteiger partial charge in [-0.25, -0.2) is 13.1 Å². The van der Waals surface area contributed by atoms with Crippen LogP contribution in [0, 0.1) is 0 Å². The van der Waals surface area contributed by atoms with Gasteiger partial charge in [-0.1, -0.05) is 30.3 Å². The summed E-state index contributed by atoms with van der Waals surface area (Å²) in [6.45, 7) is 5.36. The van der Waals surface area contributed by atoms with Gasteiger partial charge in [0, 0.05) is 12.1 Å². The molecule has 2 N–H and O–H groups in total. The Kier molecular flexibility index (Phi) is 8.02. The van der Waals surface area contributed by atoms with E-state index in [1.165, 1.54) is 17.7 Å². The van der Waals surface area contributed by atoms with E-state index in [2.05, 4.69) is 22.2 Å². The third-order valence-corrected chi connectivity index (χ3v) is 5.69. The molecule has 0 unspecified atom stereocenters. The molecule has 0 saturated carbocycles. The summed E-state index contributed by atoms with van der Waals surface area (Å²) >= 11 is 0. The van der Waals surface area contributed by atoms with Gasteiger partial charge in [0.05, 0.1) is 4.90 Å². The van der Waals surface area contributed by atoms with Crippen molar-refractivity contribution in [3.05, 3.63) is 60.2 Å². The Morgan fingerprint density at radius 2 is 1.64 bits per heavy atom. The maximum Gasteiger partial charge on any atom is 0.258 e. The van der Waals surface area contributed by atoms with Crippen molar-refractivity contribution in [1.82, 2.24) is 10.0 Å². The van der Waals surface area contributed by atoms with E-state index >= 15 is 0 Å². The molecule has 1 amide bonds. The molecule has 2 aromatic rings. The molecule has 0 aliphatic heterocycles. The Balaban J connectivity index is 1.77. The summed E-state index contributed by atoms with van der Waals surface area (Å²) in [6, 6.07) is 16.0. The van der Waals surface area contributed by atoms with Crippen LogP contribution in [0.2, 0.25) is 0 Å². The highest BCUT2D eigenvalue weighted by Gasteiger charge is 2.15. The molecule has 0 aliphatic carbocycles. The molecule has 2 rings (SSSR count). The van der Waals surface area contributed by atoms with Crippen molar-refractivity contribution in [2.45, 2.75) is 50.6 Å². The summed E-state index contributed by atoms with van der Waals surface area (Å²) in [7, 11) is -3.54. The first-order valence-electron chi connectivity index (χ1n) is 9.35. The van der Waals surface area contributed by atoms with Crippen LogP contribution in [-0.4, -0.2) is 33.0 Å². The molecule has 0 saturated heterocycles. The number of benzene rings is 2. The lowest BCUT2D eigenvalue weighted by Crippen LogP contribution is -2.36. The van der Waals surface area contributed by atoms with Crippen LogP contribution in [0.15, 0.2) is 59.5 Å². The first kappa shape index (κ1) is 21.9. The number of sulfonamides is 1. The van der Waals surface area contributed by atoms with Gasteiger partial charge in [-0.15, -0.1) is 0 Å². The Morgan fingerprint density at radius 3 is 2.25 bits per heavy atom. The third-order valence-electron chi connectivity index (χ3n) is 4.01. The first-order chi connectivity index (χ1) is 13.3. The van der Waals surface area contributed by atoms with Crippen LogP contribution < -0.4 is 14.8 Å². The lowest BCUT2D eigenvalue weighted by Gasteiger charge is -2.14. The van der Waals surface area contributed by atoms with Gasteiger partial charge < -0.3 is 10.1 Å². The SMILES string of the molecule is CC(C)NS(=O)(=O)c1ccc(OCC(=O)N[C@H](C)CCc2ccccc2)cc1. The van der Waals surface area contributed by atoms with Gasteiger partial charge in [-0.05, 0) is 63.4 Å². The average molecular weight is 405 g/mol. The summed E-state index contributed by atoms with van der Waals surface area (Å²) in [5, 5.41) is 2.91. The fraction of sp³-hybridized carbons (Fsp3) is 0.381. The largest absolute Gasteiger partial charge is 0.484 e. The normalized spacial score (nSPS) is 12.6. The zero-order valence-corrected chi connectivity index (χ0v) is 17.3. The van der Waals surface area contributed by atoms with Gasteiger partial charge in [0.25, 0.3) is 5.91 Å². The van der Waals surface area contributed by atoms with Crippen molar-refractivity contribution in [1.29, 1.82) is 0 Å². The van der Waals surface area contributed by atoms with E-state index in [0.717, 1.165) is 12.8 Å². The van der Waals surface area contributed by atoms with E-state index in [9.17, 15) is 13.2 Å². The summed E-state index contributed by atoms with van der Waals surface area (Å²) < 4.78 is 32.1. The van der Waals surface area contributed by atoms with Crippen LogP contribution in [0.3, 0.4) is 0 Å². The van der Waals surface area contributed by atoms with Crippen LogP contribution >= 0.6 is 0 Å². The fourth-order valence-corrected chi connectivity index (χ4v) is 3.91. The number of amides is 1. The molecule has 0 aliphatic rings. The number of ether oxygens (including phenoxy) is 1.